The molecule has 1 heterocycles. The fourth-order valence-corrected chi connectivity index (χ4v) is 2.67. The van der Waals surface area contributed by atoms with Gasteiger partial charge in [-0.05, 0) is 42.9 Å². The van der Waals surface area contributed by atoms with Gasteiger partial charge in [-0.1, -0.05) is 38.1 Å². The molecule has 1 aromatic heterocycles. The first kappa shape index (κ1) is 18.7. The summed E-state index contributed by atoms with van der Waals surface area (Å²) in [6.07, 6.45) is 3.89. The number of carbonyl (C=O) groups excluding carboxylic acids is 1. The van der Waals surface area contributed by atoms with Gasteiger partial charge in [-0.25, -0.2) is 0 Å². The second kappa shape index (κ2) is 8.43. The number of aromatic nitrogens is 1. The largest absolute Gasteiger partial charge is 0.314 e. The quantitative estimate of drug-likeness (QED) is 0.769. The zero-order valence-electron chi connectivity index (χ0n) is 15.1. The smallest absolute Gasteiger partial charge is 0.269 e. The molecule has 0 unspecified atom stereocenters. The Morgan fingerprint density at radius 3 is 2.44 bits per heavy atom. The van der Waals surface area contributed by atoms with Crippen LogP contribution in [0.4, 0.5) is 0 Å². The number of pyridine rings is 1. The Bertz CT molecular complexity index is 840. The van der Waals surface area contributed by atoms with Crippen LogP contribution in [0.2, 0.25) is 0 Å². The number of aryl methyl sites for hydroxylation is 2. The van der Waals surface area contributed by atoms with E-state index in [1.165, 1.54) is 0 Å². The highest BCUT2D eigenvalue weighted by molar-refractivity contribution is 5.75. The summed E-state index contributed by atoms with van der Waals surface area (Å²) in [5.74, 6) is 0.667. The molecule has 0 radical (unpaired) electrons. The summed E-state index contributed by atoms with van der Waals surface area (Å²) in [5, 5.41) is 9.46. The lowest BCUT2D eigenvalue weighted by molar-refractivity contribution is -0.116. The van der Waals surface area contributed by atoms with Crippen molar-refractivity contribution in [3.63, 3.8) is 0 Å². The molecule has 0 spiro atoms. The Morgan fingerprint density at radius 2 is 1.88 bits per heavy atom. The number of hydrogen-bond donors (Lipinski definition) is 0. The molecule has 0 atom stereocenters. The highest BCUT2D eigenvalue weighted by Gasteiger charge is 2.12. The summed E-state index contributed by atoms with van der Waals surface area (Å²) in [5.41, 5.74) is 2.52. The lowest BCUT2D eigenvalue weighted by Gasteiger charge is -2.11. The van der Waals surface area contributed by atoms with E-state index in [1.807, 2.05) is 30.3 Å². The first-order valence-electron chi connectivity index (χ1n) is 8.64. The van der Waals surface area contributed by atoms with E-state index in [2.05, 4.69) is 19.9 Å². The Labute approximate surface area is 148 Å². The van der Waals surface area contributed by atoms with Crippen LogP contribution in [0.5, 0.6) is 0 Å². The fraction of sp³-hybridized carbons (Fsp3) is 0.381. The van der Waals surface area contributed by atoms with Gasteiger partial charge >= 0.3 is 0 Å². The second-order valence-electron chi connectivity index (χ2n) is 6.80. The molecular formula is C21H24N2O2. The number of nitrogens with zero attached hydrogens (tertiary/aromatic N) is 2. The number of carbonyl (C=O) groups is 1. The molecule has 0 aliphatic carbocycles. The Morgan fingerprint density at radius 1 is 1.20 bits per heavy atom. The number of nitriles is 1. The van der Waals surface area contributed by atoms with Crippen LogP contribution in [0.1, 0.15) is 44.7 Å². The molecule has 0 amide bonds. The number of hydrogen-bond acceptors (Lipinski definition) is 3. The molecule has 0 bridgehead atoms. The molecule has 0 fully saturated rings. The standard InChI is InChI=1S/C21H24N2O2/c1-15(2)10-12-23-13-11-19(20(14-22)21(23)25)18-8-6-17(7-9-18)5-4-16(3)24/h6-9,11,13,15H,4-5,10,12H2,1-3H3. The third-order valence-electron chi connectivity index (χ3n) is 4.26. The maximum Gasteiger partial charge on any atom is 0.269 e. The van der Waals surface area contributed by atoms with Gasteiger partial charge in [-0.3, -0.25) is 4.79 Å². The van der Waals surface area contributed by atoms with Crippen LogP contribution in [-0.2, 0) is 17.8 Å². The molecule has 25 heavy (non-hydrogen) atoms. The Kier molecular flexibility index (Phi) is 6.30. The van der Waals surface area contributed by atoms with Crippen LogP contribution in [-0.4, -0.2) is 10.4 Å². The van der Waals surface area contributed by atoms with Crippen molar-refractivity contribution < 1.29 is 4.79 Å². The van der Waals surface area contributed by atoms with Crippen LogP contribution >= 0.6 is 0 Å². The van der Waals surface area contributed by atoms with E-state index in [0.29, 0.717) is 30.9 Å². The van der Waals surface area contributed by atoms with Crippen LogP contribution in [0.15, 0.2) is 41.3 Å². The average Bonchev–Trinajstić information content (AvgIpc) is 2.59. The number of Topliss-reactive ketones (excluding diaryl/α,β-unsaturated/α-hetero) is 1. The predicted octanol–water partition coefficient (Wildman–Crippen LogP) is 3.95. The fourth-order valence-electron chi connectivity index (χ4n) is 2.67. The van der Waals surface area contributed by atoms with E-state index in [1.54, 1.807) is 17.7 Å². The molecule has 0 saturated heterocycles. The van der Waals surface area contributed by atoms with E-state index in [-0.39, 0.29) is 16.9 Å². The first-order chi connectivity index (χ1) is 11.9. The maximum atomic E-state index is 12.6. The van der Waals surface area contributed by atoms with Gasteiger partial charge in [0.05, 0.1) is 0 Å². The normalized spacial score (nSPS) is 10.7. The van der Waals surface area contributed by atoms with Gasteiger partial charge in [-0.15, -0.1) is 0 Å². The van der Waals surface area contributed by atoms with Crippen molar-refractivity contribution in [1.82, 2.24) is 4.57 Å². The third kappa shape index (κ3) is 4.90. The zero-order chi connectivity index (χ0) is 18.4. The minimum Gasteiger partial charge on any atom is -0.314 e. The average molecular weight is 336 g/mol. The molecule has 4 heteroatoms. The van der Waals surface area contributed by atoms with Crippen molar-refractivity contribution in [2.75, 3.05) is 0 Å². The SMILES string of the molecule is CC(=O)CCc1ccc(-c2ccn(CCC(C)C)c(=O)c2C#N)cc1. The Hall–Kier alpha value is -2.67. The summed E-state index contributed by atoms with van der Waals surface area (Å²) >= 11 is 0. The zero-order valence-corrected chi connectivity index (χ0v) is 15.1. The van der Waals surface area contributed by atoms with Gasteiger partial charge in [0.1, 0.15) is 17.4 Å². The summed E-state index contributed by atoms with van der Waals surface area (Å²) < 4.78 is 1.61. The molecule has 1 aromatic carbocycles. The summed E-state index contributed by atoms with van der Waals surface area (Å²) in [4.78, 5) is 23.6. The van der Waals surface area contributed by atoms with E-state index in [4.69, 9.17) is 0 Å². The highest BCUT2D eigenvalue weighted by Crippen LogP contribution is 2.22. The number of benzene rings is 1. The molecular weight excluding hydrogens is 312 g/mol. The molecule has 0 N–H and O–H groups in total. The second-order valence-corrected chi connectivity index (χ2v) is 6.80. The van der Waals surface area contributed by atoms with Crippen molar-refractivity contribution in [3.8, 4) is 17.2 Å². The van der Waals surface area contributed by atoms with Crippen molar-refractivity contribution in [2.24, 2.45) is 5.92 Å². The Balaban J connectivity index is 2.30. The van der Waals surface area contributed by atoms with Crippen LogP contribution in [0.3, 0.4) is 0 Å². The minimum absolute atomic E-state index is 0.167. The van der Waals surface area contributed by atoms with E-state index in [0.717, 1.165) is 17.5 Å². The topological polar surface area (TPSA) is 62.9 Å². The van der Waals surface area contributed by atoms with Gasteiger partial charge in [0.2, 0.25) is 0 Å². The number of rotatable bonds is 7. The molecule has 4 nitrogen and oxygen atoms in total. The van der Waals surface area contributed by atoms with Crippen molar-refractivity contribution in [3.05, 3.63) is 58.0 Å². The molecule has 130 valence electrons. The van der Waals surface area contributed by atoms with Crippen molar-refractivity contribution >= 4 is 5.78 Å². The van der Waals surface area contributed by atoms with Gasteiger partial charge in [0.25, 0.3) is 5.56 Å². The lowest BCUT2D eigenvalue weighted by atomic mass is 9.99. The molecule has 0 aliphatic rings. The van der Waals surface area contributed by atoms with Crippen LogP contribution in [0, 0.1) is 17.2 Å². The van der Waals surface area contributed by atoms with Crippen LogP contribution < -0.4 is 5.56 Å². The van der Waals surface area contributed by atoms with Gasteiger partial charge in [0.15, 0.2) is 0 Å². The monoisotopic (exact) mass is 336 g/mol. The van der Waals surface area contributed by atoms with E-state index < -0.39 is 0 Å². The van der Waals surface area contributed by atoms with E-state index >= 15 is 0 Å². The van der Waals surface area contributed by atoms with E-state index in [9.17, 15) is 14.9 Å². The van der Waals surface area contributed by atoms with Crippen LogP contribution in [0.25, 0.3) is 11.1 Å². The van der Waals surface area contributed by atoms with Gasteiger partial charge in [-0.2, -0.15) is 5.26 Å². The summed E-state index contributed by atoms with van der Waals surface area (Å²) in [7, 11) is 0. The molecule has 2 aromatic rings. The lowest BCUT2D eigenvalue weighted by Crippen LogP contribution is -2.23. The summed E-state index contributed by atoms with van der Waals surface area (Å²) in [6, 6.07) is 11.6. The molecule has 0 aliphatic heterocycles. The highest BCUT2D eigenvalue weighted by atomic mass is 16.1. The molecule has 0 saturated carbocycles. The van der Waals surface area contributed by atoms with Crippen molar-refractivity contribution in [1.29, 1.82) is 5.26 Å². The predicted molar refractivity (Wildman–Crippen MR) is 99.3 cm³/mol. The van der Waals surface area contributed by atoms with Gasteiger partial charge in [0, 0.05) is 24.7 Å². The molecule has 2 rings (SSSR count). The van der Waals surface area contributed by atoms with Crippen molar-refractivity contribution in [2.45, 2.75) is 46.6 Å². The number of ketones is 1. The minimum atomic E-state index is -0.235. The first-order valence-corrected chi connectivity index (χ1v) is 8.64. The maximum absolute atomic E-state index is 12.6. The summed E-state index contributed by atoms with van der Waals surface area (Å²) in [6.45, 7) is 6.42. The van der Waals surface area contributed by atoms with Gasteiger partial charge < -0.3 is 9.36 Å². The third-order valence-corrected chi connectivity index (χ3v) is 4.26.